The van der Waals surface area contributed by atoms with E-state index in [1.54, 1.807) is 10.6 Å². The summed E-state index contributed by atoms with van der Waals surface area (Å²) in [5.74, 6) is 0.134. The highest BCUT2D eigenvalue weighted by Gasteiger charge is 2.22. The zero-order chi connectivity index (χ0) is 23.7. The second-order valence-corrected chi connectivity index (χ2v) is 9.78. The number of para-hydroxylation sites is 1. The molecular weight excluding hydrogens is 442 g/mol. The van der Waals surface area contributed by atoms with Crippen molar-refractivity contribution >= 4 is 28.6 Å². The van der Waals surface area contributed by atoms with Crippen LogP contribution in [0.25, 0.3) is 16.6 Å². The number of thioether (sulfide) groups is 1. The Kier molecular flexibility index (Phi) is 6.24. The molecule has 1 aromatic heterocycles. The van der Waals surface area contributed by atoms with Crippen LogP contribution < -0.4 is 10.9 Å². The van der Waals surface area contributed by atoms with E-state index in [4.69, 9.17) is 4.98 Å². The molecule has 4 aromatic rings. The number of rotatable bonds is 5. The van der Waals surface area contributed by atoms with E-state index in [9.17, 15) is 9.59 Å². The summed E-state index contributed by atoms with van der Waals surface area (Å²) in [7, 11) is 0. The van der Waals surface area contributed by atoms with Gasteiger partial charge in [-0.3, -0.25) is 14.2 Å². The number of nitrogens with zero attached hydrogens (tertiary/aromatic N) is 2. The van der Waals surface area contributed by atoms with Crippen molar-refractivity contribution < 1.29 is 4.79 Å². The molecule has 0 radical (unpaired) electrons. The van der Waals surface area contributed by atoms with Crippen LogP contribution in [0, 0.1) is 13.8 Å². The quantitative estimate of drug-likeness (QED) is 0.319. The van der Waals surface area contributed by atoms with Crippen molar-refractivity contribution in [3.63, 3.8) is 0 Å². The summed E-state index contributed by atoms with van der Waals surface area (Å²) in [5.41, 5.74) is 5.95. The predicted octanol–water partition coefficient (Wildman–Crippen LogP) is 5.29. The third-order valence-corrected chi connectivity index (χ3v) is 7.31. The molecule has 3 aromatic carbocycles. The summed E-state index contributed by atoms with van der Waals surface area (Å²) in [4.78, 5) is 31.2. The lowest BCUT2D eigenvalue weighted by Crippen LogP contribution is -2.32. The monoisotopic (exact) mass is 469 g/mol. The van der Waals surface area contributed by atoms with Crippen molar-refractivity contribution in [1.29, 1.82) is 0 Å². The van der Waals surface area contributed by atoms with Crippen molar-refractivity contribution in [3.8, 4) is 5.69 Å². The minimum atomic E-state index is -0.123. The van der Waals surface area contributed by atoms with Gasteiger partial charge in [0.15, 0.2) is 5.16 Å². The molecule has 0 saturated heterocycles. The van der Waals surface area contributed by atoms with E-state index >= 15 is 0 Å². The number of hydrogen-bond donors (Lipinski definition) is 1. The molecule has 0 saturated carbocycles. The maximum Gasteiger partial charge on any atom is 0.266 e. The molecule has 0 spiro atoms. The number of amides is 1. The molecule has 1 aliphatic rings. The Hall–Kier alpha value is -3.38. The van der Waals surface area contributed by atoms with E-state index in [-0.39, 0.29) is 23.3 Å². The van der Waals surface area contributed by atoms with E-state index in [1.807, 2.05) is 50.2 Å². The van der Waals surface area contributed by atoms with E-state index in [0.29, 0.717) is 16.1 Å². The lowest BCUT2D eigenvalue weighted by atomic mass is 9.88. The third-order valence-electron chi connectivity index (χ3n) is 6.38. The molecule has 5 rings (SSSR count). The number of aromatic nitrogens is 2. The topological polar surface area (TPSA) is 64.0 Å². The first-order chi connectivity index (χ1) is 16.5. The van der Waals surface area contributed by atoms with E-state index in [2.05, 4.69) is 29.6 Å². The Bertz CT molecular complexity index is 1440. The fourth-order valence-corrected chi connectivity index (χ4v) is 5.56. The molecule has 6 heteroatoms. The minimum absolute atomic E-state index is 0.0316. The molecule has 5 nitrogen and oxygen atoms in total. The largest absolute Gasteiger partial charge is 0.349 e. The summed E-state index contributed by atoms with van der Waals surface area (Å²) in [6.07, 6.45) is 3.06. The summed E-state index contributed by atoms with van der Waals surface area (Å²) in [6, 6.07) is 21.7. The van der Waals surface area contributed by atoms with Crippen molar-refractivity contribution in [2.45, 2.75) is 44.3 Å². The van der Waals surface area contributed by atoms with E-state index < -0.39 is 0 Å². The van der Waals surface area contributed by atoms with Crippen LogP contribution in [-0.2, 0) is 11.2 Å². The smallest absolute Gasteiger partial charge is 0.266 e. The Morgan fingerprint density at radius 2 is 1.88 bits per heavy atom. The molecule has 1 heterocycles. The van der Waals surface area contributed by atoms with Gasteiger partial charge in [0, 0.05) is 0 Å². The summed E-state index contributed by atoms with van der Waals surface area (Å²) in [6.45, 7) is 4.02. The van der Waals surface area contributed by atoms with Gasteiger partial charge < -0.3 is 5.32 Å². The molecule has 1 N–H and O–H groups in total. The summed E-state index contributed by atoms with van der Waals surface area (Å²) < 4.78 is 1.64. The van der Waals surface area contributed by atoms with Crippen LogP contribution in [0.15, 0.2) is 76.7 Å². The highest BCUT2D eigenvalue weighted by atomic mass is 32.2. The first-order valence-electron chi connectivity index (χ1n) is 11.6. The average molecular weight is 470 g/mol. The number of carbonyl (C=O) groups is 1. The third kappa shape index (κ3) is 4.38. The lowest BCUT2D eigenvalue weighted by molar-refractivity contribution is -0.119. The Morgan fingerprint density at radius 1 is 1.09 bits per heavy atom. The van der Waals surface area contributed by atoms with Gasteiger partial charge >= 0.3 is 0 Å². The van der Waals surface area contributed by atoms with Gasteiger partial charge in [0.25, 0.3) is 5.56 Å². The number of nitrogens with one attached hydrogen (secondary N) is 1. The fraction of sp³-hybridized carbons (Fsp3) is 0.250. The number of fused-ring (bicyclic) bond motifs is 2. The molecule has 1 aliphatic carbocycles. The molecule has 0 aliphatic heterocycles. The van der Waals surface area contributed by atoms with Crippen LogP contribution in [0.1, 0.15) is 41.1 Å². The van der Waals surface area contributed by atoms with Crippen LogP contribution in [0.4, 0.5) is 0 Å². The predicted molar refractivity (Wildman–Crippen MR) is 138 cm³/mol. The zero-order valence-corrected chi connectivity index (χ0v) is 20.2. The van der Waals surface area contributed by atoms with Crippen molar-refractivity contribution in [1.82, 2.24) is 14.9 Å². The molecule has 1 amide bonds. The molecule has 0 bridgehead atoms. The number of hydrogen-bond acceptors (Lipinski definition) is 4. The molecule has 0 fully saturated rings. The van der Waals surface area contributed by atoms with Gasteiger partial charge in [-0.15, -0.1) is 0 Å². The van der Waals surface area contributed by atoms with Crippen molar-refractivity contribution in [3.05, 3.63) is 99.3 Å². The average Bonchev–Trinajstić information content (AvgIpc) is 2.84. The zero-order valence-electron chi connectivity index (χ0n) is 19.4. The molecule has 34 heavy (non-hydrogen) atoms. The molecule has 1 unspecified atom stereocenters. The summed E-state index contributed by atoms with van der Waals surface area (Å²) >= 11 is 1.30. The van der Waals surface area contributed by atoms with Gasteiger partial charge in [-0.05, 0) is 68.0 Å². The van der Waals surface area contributed by atoms with E-state index in [1.165, 1.54) is 22.9 Å². The first kappa shape index (κ1) is 22.4. The van der Waals surface area contributed by atoms with Crippen LogP contribution in [0.3, 0.4) is 0 Å². The Labute approximate surface area is 203 Å². The van der Waals surface area contributed by atoms with Crippen LogP contribution in [0.5, 0.6) is 0 Å². The van der Waals surface area contributed by atoms with Crippen molar-refractivity contribution in [2.24, 2.45) is 0 Å². The fourth-order valence-electron chi connectivity index (χ4n) is 4.75. The van der Waals surface area contributed by atoms with Gasteiger partial charge in [0.1, 0.15) is 0 Å². The summed E-state index contributed by atoms with van der Waals surface area (Å²) in [5, 5.41) is 4.29. The Morgan fingerprint density at radius 3 is 2.74 bits per heavy atom. The highest BCUT2D eigenvalue weighted by molar-refractivity contribution is 7.99. The normalized spacial score (nSPS) is 15.2. The molecule has 1 atom stereocenters. The van der Waals surface area contributed by atoms with E-state index in [0.717, 1.165) is 36.1 Å². The second kappa shape index (κ2) is 9.47. The van der Waals surface area contributed by atoms with Gasteiger partial charge in [-0.2, -0.15) is 0 Å². The lowest BCUT2D eigenvalue weighted by Gasteiger charge is -2.26. The second-order valence-electron chi connectivity index (χ2n) is 8.84. The highest BCUT2D eigenvalue weighted by Crippen LogP contribution is 2.30. The SMILES string of the molecule is Cc1ccc(-n2c(SCC(=O)NC3CCCc4ccccc43)nc3ccccc3c2=O)c(C)c1. The van der Waals surface area contributed by atoms with Gasteiger partial charge in [-0.1, -0.05) is 65.9 Å². The molecular formula is C28H27N3O2S. The van der Waals surface area contributed by atoms with Crippen LogP contribution in [0.2, 0.25) is 0 Å². The molecule has 172 valence electrons. The van der Waals surface area contributed by atoms with Gasteiger partial charge in [0.05, 0.1) is 28.4 Å². The maximum absolute atomic E-state index is 13.5. The number of aryl methyl sites for hydroxylation is 3. The number of carbonyl (C=O) groups excluding carboxylic acids is 1. The Balaban J connectivity index is 1.45. The standard InChI is InChI=1S/C28H27N3O2S/c1-18-14-15-25(19(2)16-18)31-27(33)22-11-5-6-12-24(22)30-28(31)34-17-26(32)29-23-13-7-9-20-8-3-4-10-21(20)23/h3-6,8,10-12,14-16,23H,7,9,13,17H2,1-2H3,(H,29,32). The first-order valence-corrected chi connectivity index (χ1v) is 12.6. The van der Waals surface area contributed by atoms with Crippen LogP contribution >= 0.6 is 11.8 Å². The van der Waals surface area contributed by atoms with Crippen LogP contribution in [-0.4, -0.2) is 21.2 Å². The minimum Gasteiger partial charge on any atom is -0.349 e. The van der Waals surface area contributed by atoms with Gasteiger partial charge in [0.2, 0.25) is 5.91 Å². The maximum atomic E-state index is 13.5. The number of benzene rings is 3. The van der Waals surface area contributed by atoms with Gasteiger partial charge in [-0.25, -0.2) is 4.98 Å². The van der Waals surface area contributed by atoms with Crippen molar-refractivity contribution in [2.75, 3.05) is 5.75 Å².